The van der Waals surface area contributed by atoms with Crippen LogP contribution in [-0.2, 0) is 18.3 Å². The average Bonchev–Trinajstić information content (AvgIpc) is 3.23. The summed E-state index contributed by atoms with van der Waals surface area (Å²) in [5.41, 5.74) is 3.04. The molecule has 0 unspecified atom stereocenters. The van der Waals surface area contributed by atoms with Gasteiger partial charge in [-0.2, -0.15) is 0 Å². The van der Waals surface area contributed by atoms with Crippen LogP contribution in [0, 0.1) is 0 Å². The Labute approximate surface area is 209 Å². The third-order valence-corrected chi connectivity index (χ3v) is 6.58. The first-order valence-corrected chi connectivity index (χ1v) is 12.3. The highest BCUT2D eigenvalue weighted by molar-refractivity contribution is 7.99. The molecule has 0 saturated heterocycles. The van der Waals surface area contributed by atoms with Gasteiger partial charge in [0.25, 0.3) is 5.91 Å². The van der Waals surface area contributed by atoms with Gasteiger partial charge >= 0.3 is 0 Å². The lowest BCUT2D eigenvalue weighted by Gasteiger charge is -2.16. The molecular formula is C27H27N5O2S. The normalized spacial score (nSPS) is 11.6. The van der Waals surface area contributed by atoms with Gasteiger partial charge in [-0.05, 0) is 30.2 Å². The van der Waals surface area contributed by atoms with Crippen molar-refractivity contribution in [3.63, 3.8) is 0 Å². The molecule has 1 aromatic heterocycles. The van der Waals surface area contributed by atoms with E-state index in [0.29, 0.717) is 22.8 Å². The van der Waals surface area contributed by atoms with Gasteiger partial charge in [0, 0.05) is 13.5 Å². The lowest BCUT2D eigenvalue weighted by molar-refractivity contribution is -0.113. The maximum absolute atomic E-state index is 12.9. The molecule has 0 aliphatic carbocycles. The Hall–Kier alpha value is -3.91. The van der Waals surface area contributed by atoms with Crippen molar-refractivity contribution in [1.29, 1.82) is 0 Å². The Morgan fingerprint density at radius 3 is 2.31 bits per heavy atom. The first kappa shape index (κ1) is 24.2. The fourth-order valence-corrected chi connectivity index (χ4v) is 4.34. The van der Waals surface area contributed by atoms with Gasteiger partial charge in [-0.1, -0.05) is 84.6 Å². The fourth-order valence-electron chi connectivity index (χ4n) is 3.61. The molecule has 8 heteroatoms. The second kappa shape index (κ2) is 11.5. The summed E-state index contributed by atoms with van der Waals surface area (Å²) in [6.45, 7) is 1.93. The van der Waals surface area contributed by atoms with Crippen LogP contribution >= 0.6 is 11.8 Å². The summed E-state index contributed by atoms with van der Waals surface area (Å²) in [7, 11) is 1.89. The van der Waals surface area contributed by atoms with E-state index >= 15 is 0 Å². The van der Waals surface area contributed by atoms with Crippen molar-refractivity contribution < 1.29 is 9.59 Å². The molecule has 0 fully saturated rings. The van der Waals surface area contributed by atoms with Crippen molar-refractivity contribution in [3.05, 3.63) is 107 Å². The highest BCUT2D eigenvalue weighted by Crippen LogP contribution is 2.21. The molecule has 0 bridgehead atoms. The van der Waals surface area contributed by atoms with Crippen molar-refractivity contribution in [2.24, 2.45) is 7.05 Å². The number of benzene rings is 3. The van der Waals surface area contributed by atoms with E-state index in [1.165, 1.54) is 11.8 Å². The minimum Gasteiger partial charge on any atom is -0.345 e. The topological polar surface area (TPSA) is 88.9 Å². The zero-order valence-electron chi connectivity index (χ0n) is 19.6. The van der Waals surface area contributed by atoms with Crippen LogP contribution in [0.5, 0.6) is 0 Å². The molecule has 2 amide bonds. The second-order valence-corrected chi connectivity index (χ2v) is 9.05. The molecule has 1 heterocycles. The number of nitrogens with zero attached hydrogens (tertiary/aromatic N) is 3. The molecule has 0 radical (unpaired) electrons. The monoisotopic (exact) mass is 485 g/mol. The lowest BCUT2D eigenvalue weighted by atomic mass is 10.1. The van der Waals surface area contributed by atoms with Gasteiger partial charge in [0.2, 0.25) is 5.91 Å². The number of anilines is 1. The molecule has 178 valence electrons. The number of para-hydroxylation sites is 1. The molecule has 1 atom stereocenters. The molecule has 7 nitrogen and oxygen atoms in total. The molecular weight excluding hydrogens is 458 g/mol. The average molecular weight is 486 g/mol. The molecule has 4 aromatic rings. The third kappa shape index (κ3) is 6.36. The quantitative estimate of drug-likeness (QED) is 0.338. The van der Waals surface area contributed by atoms with Gasteiger partial charge in [0.05, 0.1) is 23.0 Å². The molecule has 0 spiro atoms. The van der Waals surface area contributed by atoms with E-state index in [1.807, 2.05) is 79.2 Å². The number of hydrogen-bond donors (Lipinski definition) is 2. The maximum Gasteiger partial charge on any atom is 0.253 e. The van der Waals surface area contributed by atoms with Crippen molar-refractivity contribution in [3.8, 4) is 0 Å². The highest BCUT2D eigenvalue weighted by Gasteiger charge is 2.17. The number of carbonyl (C=O) groups is 2. The fraction of sp³-hybridized carbons (Fsp3) is 0.185. The maximum atomic E-state index is 12.9. The molecule has 3 aromatic carbocycles. The van der Waals surface area contributed by atoms with E-state index in [-0.39, 0.29) is 23.6 Å². The molecule has 0 saturated carbocycles. The van der Waals surface area contributed by atoms with Gasteiger partial charge in [0.1, 0.15) is 5.82 Å². The van der Waals surface area contributed by atoms with E-state index in [2.05, 4.69) is 20.8 Å². The summed E-state index contributed by atoms with van der Waals surface area (Å²) in [5, 5.41) is 15.0. The molecule has 35 heavy (non-hydrogen) atoms. The van der Waals surface area contributed by atoms with Gasteiger partial charge in [-0.3, -0.25) is 9.59 Å². The minimum absolute atomic E-state index is 0.147. The summed E-state index contributed by atoms with van der Waals surface area (Å²) in [5.74, 6) is 0.504. The Morgan fingerprint density at radius 2 is 1.57 bits per heavy atom. The summed E-state index contributed by atoms with van der Waals surface area (Å²) >= 11 is 1.30. The SMILES string of the molecule is C[C@@H](NC(=O)c1ccccc1NC(=O)CSc1nnc(Cc2ccccc2)n1C)c1ccccc1. The molecule has 2 N–H and O–H groups in total. The number of nitrogens with one attached hydrogen (secondary N) is 2. The van der Waals surface area contributed by atoms with Crippen LogP contribution in [0.3, 0.4) is 0 Å². The van der Waals surface area contributed by atoms with Crippen molar-refractivity contribution in [1.82, 2.24) is 20.1 Å². The Morgan fingerprint density at radius 1 is 0.914 bits per heavy atom. The Kier molecular flexibility index (Phi) is 7.95. The predicted molar refractivity (Wildman–Crippen MR) is 138 cm³/mol. The third-order valence-electron chi connectivity index (χ3n) is 5.56. The number of carbonyl (C=O) groups excluding carboxylic acids is 2. The van der Waals surface area contributed by atoms with E-state index < -0.39 is 0 Å². The molecule has 0 aliphatic rings. The zero-order valence-corrected chi connectivity index (χ0v) is 20.5. The number of hydrogen-bond acceptors (Lipinski definition) is 5. The highest BCUT2D eigenvalue weighted by atomic mass is 32.2. The Bertz CT molecular complexity index is 1290. The molecule has 0 aliphatic heterocycles. The zero-order chi connectivity index (χ0) is 24.6. The van der Waals surface area contributed by atoms with Gasteiger partial charge < -0.3 is 15.2 Å². The van der Waals surface area contributed by atoms with Crippen LogP contribution in [0.4, 0.5) is 5.69 Å². The van der Waals surface area contributed by atoms with Crippen LogP contribution in [0.1, 0.15) is 40.3 Å². The summed E-state index contributed by atoms with van der Waals surface area (Å²) in [6.07, 6.45) is 0.668. The number of rotatable bonds is 9. The van der Waals surface area contributed by atoms with E-state index in [9.17, 15) is 9.59 Å². The van der Waals surface area contributed by atoms with Gasteiger partial charge in [0.15, 0.2) is 5.16 Å². The van der Waals surface area contributed by atoms with Crippen LogP contribution in [0.2, 0.25) is 0 Å². The molecule has 4 rings (SSSR count). The van der Waals surface area contributed by atoms with Crippen LogP contribution in [0.15, 0.2) is 90.1 Å². The van der Waals surface area contributed by atoms with E-state index in [4.69, 9.17) is 0 Å². The van der Waals surface area contributed by atoms with Crippen LogP contribution < -0.4 is 10.6 Å². The van der Waals surface area contributed by atoms with Gasteiger partial charge in [-0.25, -0.2) is 0 Å². The minimum atomic E-state index is -0.247. The first-order chi connectivity index (χ1) is 17.0. The van der Waals surface area contributed by atoms with Crippen LogP contribution in [0.25, 0.3) is 0 Å². The summed E-state index contributed by atoms with van der Waals surface area (Å²) in [6, 6.07) is 26.6. The standard InChI is InChI=1S/C27H27N5O2S/c1-19(21-13-7-4-8-14-21)28-26(34)22-15-9-10-16-23(22)29-25(33)18-35-27-31-30-24(32(27)2)17-20-11-5-3-6-12-20/h3-16,19H,17-18H2,1-2H3,(H,28,34)(H,29,33)/t19-/m1/s1. The number of aromatic nitrogens is 3. The van der Waals surface area contributed by atoms with Crippen LogP contribution in [-0.4, -0.2) is 32.3 Å². The Balaban J connectivity index is 1.36. The van der Waals surface area contributed by atoms with E-state index in [0.717, 1.165) is 17.0 Å². The van der Waals surface area contributed by atoms with E-state index in [1.54, 1.807) is 24.3 Å². The number of amides is 2. The van der Waals surface area contributed by atoms with Crippen molar-refractivity contribution in [2.75, 3.05) is 11.1 Å². The largest absolute Gasteiger partial charge is 0.345 e. The first-order valence-electron chi connectivity index (χ1n) is 11.3. The number of thioether (sulfide) groups is 1. The van der Waals surface area contributed by atoms with Gasteiger partial charge in [-0.15, -0.1) is 10.2 Å². The summed E-state index contributed by atoms with van der Waals surface area (Å²) < 4.78 is 1.90. The predicted octanol–water partition coefficient (Wildman–Crippen LogP) is 4.63. The lowest BCUT2D eigenvalue weighted by Crippen LogP contribution is -2.28. The van der Waals surface area contributed by atoms with Crippen molar-refractivity contribution in [2.45, 2.75) is 24.5 Å². The smallest absolute Gasteiger partial charge is 0.253 e. The van der Waals surface area contributed by atoms with Crippen molar-refractivity contribution >= 4 is 29.3 Å². The summed E-state index contributed by atoms with van der Waals surface area (Å²) in [4.78, 5) is 25.6. The second-order valence-electron chi connectivity index (χ2n) is 8.11.